The highest BCUT2D eigenvalue weighted by Gasteiger charge is 2.22. The summed E-state index contributed by atoms with van der Waals surface area (Å²) in [5.74, 6) is 0.513. The number of para-hydroxylation sites is 1. The van der Waals surface area contributed by atoms with E-state index >= 15 is 0 Å². The number of carbonyl (C=O) groups is 2. The van der Waals surface area contributed by atoms with Crippen molar-refractivity contribution in [1.29, 1.82) is 0 Å². The van der Waals surface area contributed by atoms with Gasteiger partial charge in [-0.3, -0.25) is 9.78 Å². The zero-order valence-corrected chi connectivity index (χ0v) is 17.5. The smallest absolute Gasteiger partial charge is 0.340 e. The van der Waals surface area contributed by atoms with Gasteiger partial charge in [0.25, 0.3) is 5.91 Å². The van der Waals surface area contributed by atoms with E-state index in [0.29, 0.717) is 35.8 Å². The molecule has 1 aromatic heterocycles. The summed E-state index contributed by atoms with van der Waals surface area (Å²) in [5, 5.41) is 3.79. The molecule has 0 fully saturated rings. The average molecular weight is 420 g/mol. The monoisotopic (exact) mass is 420 g/mol. The van der Waals surface area contributed by atoms with Gasteiger partial charge in [-0.05, 0) is 35.7 Å². The van der Waals surface area contributed by atoms with E-state index in [0.717, 1.165) is 10.9 Å². The minimum Gasteiger partial charge on any atom is -0.486 e. The van der Waals surface area contributed by atoms with Gasteiger partial charge in [0.1, 0.15) is 13.2 Å². The first kappa shape index (κ1) is 20.7. The molecule has 160 valence electrons. The number of esters is 1. The summed E-state index contributed by atoms with van der Waals surface area (Å²) in [6.07, 6.45) is 1.62. The molecule has 0 saturated heterocycles. The Balaban J connectivity index is 1.42. The third-order valence-electron chi connectivity index (χ3n) is 5.10. The fourth-order valence-corrected chi connectivity index (χ4v) is 3.58. The van der Waals surface area contributed by atoms with Crippen molar-refractivity contribution in [3.05, 3.63) is 65.9 Å². The summed E-state index contributed by atoms with van der Waals surface area (Å²) < 4.78 is 16.5. The van der Waals surface area contributed by atoms with Gasteiger partial charge in [0.2, 0.25) is 0 Å². The summed E-state index contributed by atoms with van der Waals surface area (Å²) >= 11 is 0. The van der Waals surface area contributed by atoms with Crippen LogP contribution in [-0.2, 0) is 9.53 Å². The highest BCUT2D eigenvalue weighted by atomic mass is 16.6. The van der Waals surface area contributed by atoms with Gasteiger partial charge in [-0.25, -0.2) is 4.79 Å². The maximum atomic E-state index is 12.6. The van der Waals surface area contributed by atoms with Crippen LogP contribution in [0.2, 0.25) is 0 Å². The van der Waals surface area contributed by atoms with Crippen LogP contribution in [-0.4, -0.2) is 36.7 Å². The molecule has 1 atom stereocenters. The lowest BCUT2D eigenvalue weighted by atomic mass is 9.95. The molecule has 0 spiro atoms. The van der Waals surface area contributed by atoms with E-state index < -0.39 is 5.97 Å². The predicted molar refractivity (Wildman–Crippen MR) is 115 cm³/mol. The molecule has 3 aromatic rings. The Morgan fingerprint density at radius 1 is 1.06 bits per heavy atom. The number of rotatable bonds is 6. The first-order valence-electron chi connectivity index (χ1n) is 10.2. The number of nitrogens with one attached hydrogen (secondary N) is 1. The Morgan fingerprint density at radius 2 is 1.84 bits per heavy atom. The van der Waals surface area contributed by atoms with Crippen LogP contribution in [0.1, 0.15) is 35.8 Å². The van der Waals surface area contributed by atoms with Crippen LogP contribution >= 0.6 is 0 Å². The fourth-order valence-electron chi connectivity index (χ4n) is 3.58. The van der Waals surface area contributed by atoms with Crippen molar-refractivity contribution in [2.75, 3.05) is 19.8 Å². The number of pyridine rings is 1. The van der Waals surface area contributed by atoms with Gasteiger partial charge in [0.15, 0.2) is 18.1 Å². The van der Waals surface area contributed by atoms with Crippen LogP contribution in [0.25, 0.3) is 10.9 Å². The van der Waals surface area contributed by atoms with E-state index in [1.807, 2.05) is 44.2 Å². The molecule has 4 rings (SSSR count). The Kier molecular flexibility index (Phi) is 6.02. The topological polar surface area (TPSA) is 86.8 Å². The number of hydrogen-bond donors (Lipinski definition) is 1. The standard InChI is InChI=1S/C24H24N2O5/c1-15(2)22(17-8-9-19-20(13-17)30-12-11-29-19)26-21(27)14-31-24(28)18-7-3-5-16-6-4-10-25-23(16)18/h3-10,13,15,22H,11-12,14H2,1-2H3,(H,26,27)/t22-/m0/s1. The van der Waals surface area contributed by atoms with Crippen LogP contribution in [0.4, 0.5) is 0 Å². The molecule has 1 aliphatic rings. The summed E-state index contributed by atoms with van der Waals surface area (Å²) in [6, 6.07) is 14.3. The van der Waals surface area contributed by atoms with E-state index in [1.165, 1.54) is 0 Å². The number of ether oxygens (including phenoxy) is 3. The second-order valence-corrected chi connectivity index (χ2v) is 7.65. The maximum Gasteiger partial charge on any atom is 0.340 e. The quantitative estimate of drug-likeness (QED) is 0.612. The molecule has 1 aliphatic heterocycles. The molecular weight excluding hydrogens is 396 g/mol. The Labute approximate surface area is 180 Å². The summed E-state index contributed by atoms with van der Waals surface area (Å²) in [5.41, 5.74) is 1.78. The molecule has 0 radical (unpaired) electrons. The zero-order chi connectivity index (χ0) is 21.8. The predicted octanol–water partition coefficient (Wildman–Crippen LogP) is 3.68. The van der Waals surface area contributed by atoms with Gasteiger partial charge in [-0.1, -0.05) is 38.1 Å². The summed E-state index contributed by atoms with van der Waals surface area (Å²) in [4.78, 5) is 29.4. The van der Waals surface area contributed by atoms with E-state index in [9.17, 15) is 9.59 Å². The largest absolute Gasteiger partial charge is 0.486 e. The van der Waals surface area contributed by atoms with Crippen molar-refractivity contribution in [2.24, 2.45) is 5.92 Å². The van der Waals surface area contributed by atoms with E-state index in [2.05, 4.69) is 10.3 Å². The Hall–Kier alpha value is -3.61. The number of benzene rings is 2. The van der Waals surface area contributed by atoms with Gasteiger partial charge in [-0.2, -0.15) is 0 Å². The first-order valence-corrected chi connectivity index (χ1v) is 10.2. The number of amides is 1. The number of nitrogens with zero attached hydrogens (tertiary/aromatic N) is 1. The van der Waals surface area contributed by atoms with Crippen molar-refractivity contribution in [1.82, 2.24) is 10.3 Å². The van der Waals surface area contributed by atoms with Crippen molar-refractivity contribution in [3.63, 3.8) is 0 Å². The number of aromatic nitrogens is 1. The molecule has 7 nitrogen and oxygen atoms in total. The van der Waals surface area contributed by atoms with Crippen molar-refractivity contribution in [2.45, 2.75) is 19.9 Å². The summed E-state index contributed by atoms with van der Waals surface area (Å²) in [6.45, 7) is 4.66. The third kappa shape index (κ3) is 4.60. The van der Waals surface area contributed by atoms with Crippen LogP contribution < -0.4 is 14.8 Å². The van der Waals surface area contributed by atoms with Crippen molar-refractivity contribution < 1.29 is 23.8 Å². The average Bonchev–Trinajstić information content (AvgIpc) is 2.80. The van der Waals surface area contributed by atoms with E-state index in [1.54, 1.807) is 24.4 Å². The van der Waals surface area contributed by atoms with E-state index in [-0.39, 0.29) is 24.5 Å². The molecule has 1 amide bonds. The third-order valence-corrected chi connectivity index (χ3v) is 5.10. The minimum absolute atomic E-state index is 0.115. The maximum absolute atomic E-state index is 12.6. The molecule has 0 aliphatic carbocycles. The van der Waals surface area contributed by atoms with Crippen molar-refractivity contribution in [3.8, 4) is 11.5 Å². The number of fused-ring (bicyclic) bond motifs is 2. The zero-order valence-electron chi connectivity index (χ0n) is 17.5. The highest BCUT2D eigenvalue weighted by molar-refractivity contribution is 6.03. The molecule has 0 bridgehead atoms. The van der Waals surface area contributed by atoms with Gasteiger partial charge in [-0.15, -0.1) is 0 Å². The molecule has 2 aromatic carbocycles. The van der Waals surface area contributed by atoms with Gasteiger partial charge in [0.05, 0.1) is 17.1 Å². The molecule has 0 saturated carbocycles. The normalized spacial score (nSPS) is 13.6. The van der Waals surface area contributed by atoms with Crippen molar-refractivity contribution >= 4 is 22.8 Å². The number of carbonyl (C=O) groups excluding carboxylic acids is 2. The van der Waals surface area contributed by atoms with Crippen LogP contribution in [0.15, 0.2) is 54.7 Å². The molecule has 7 heteroatoms. The molecule has 31 heavy (non-hydrogen) atoms. The SMILES string of the molecule is CC(C)[C@H](NC(=O)COC(=O)c1cccc2cccnc12)c1ccc2c(c1)OCCO2. The lowest BCUT2D eigenvalue weighted by Crippen LogP contribution is -2.35. The molecule has 2 heterocycles. The lowest BCUT2D eigenvalue weighted by Gasteiger charge is -2.25. The molecular formula is C24H24N2O5. The summed E-state index contributed by atoms with van der Waals surface area (Å²) in [7, 11) is 0. The van der Waals surface area contributed by atoms with E-state index in [4.69, 9.17) is 14.2 Å². The van der Waals surface area contributed by atoms with Crippen LogP contribution in [0.3, 0.4) is 0 Å². The first-order chi connectivity index (χ1) is 15.0. The van der Waals surface area contributed by atoms with Crippen LogP contribution in [0.5, 0.6) is 11.5 Å². The van der Waals surface area contributed by atoms with Gasteiger partial charge in [0, 0.05) is 11.6 Å². The fraction of sp³-hybridized carbons (Fsp3) is 0.292. The Morgan fingerprint density at radius 3 is 2.65 bits per heavy atom. The molecule has 0 unspecified atom stereocenters. The molecule has 1 N–H and O–H groups in total. The minimum atomic E-state index is -0.583. The van der Waals surface area contributed by atoms with Crippen LogP contribution in [0, 0.1) is 5.92 Å². The van der Waals surface area contributed by atoms with Gasteiger partial charge >= 0.3 is 5.97 Å². The Bertz CT molecular complexity index is 1110. The number of hydrogen-bond acceptors (Lipinski definition) is 6. The second kappa shape index (κ2) is 9.04. The highest BCUT2D eigenvalue weighted by Crippen LogP contribution is 2.34. The lowest BCUT2D eigenvalue weighted by molar-refractivity contribution is -0.125. The van der Waals surface area contributed by atoms with Gasteiger partial charge < -0.3 is 19.5 Å². The second-order valence-electron chi connectivity index (χ2n) is 7.65.